The maximum Gasteiger partial charge on any atom is 0.126 e. The van der Waals surface area contributed by atoms with Crippen LogP contribution in [0.15, 0.2) is 22.7 Å². The predicted molar refractivity (Wildman–Crippen MR) is 77.4 cm³/mol. The number of nitrogens with two attached hydrogens (primary N) is 1. The molecule has 2 rings (SSSR count). The van der Waals surface area contributed by atoms with Gasteiger partial charge in [0.25, 0.3) is 0 Å². The van der Waals surface area contributed by atoms with Crippen LogP contribution in [0, 0.1) is 5.41 Å². The van der Waals surface area contributed by atoms with Gasteiger partial charge < -0.3 is 15.4 Å². The molecule has 0 radical (unpaired) electrons. The van der Waals surface area contributed by atoms with E-state index in [1.54, 1.807) is 0 Å². The van der Waals surface area contributed by atoms with E-state index in [4.69, 9.17) is 15.9 Å². The minimum atomic E-state index is 0.0929. The summed E-state index contributed by atoms with van der Waals surface area (Å²) >= 11 is 3.47. The standard InChI is InChI=1S/C13H18BrN3O/c1-9-8-17(6-3-7-18-9)11-5-2-4-10(14)12(11)13(15)16/h2,4-5,9H,3,6-8H2,1H3,(H3,15,16). The molecule has 0 spiro atoms. The van der Waals surface area contributed by atoms with E-state index in [0.717, 1.165) is 41.8 Å². The second kappa shape index (κ2) is 5.71. The number of benzene rings is 1. The minimum absolute atomic E-state index is 0.0929. The molecule has 4 nitrogen and oxygen atoms in total. The van der Waals surface area contributed by atoms with Crippen molar-refractivity contribution in [1.82, 2.24) is 0 Å². The number of ether oxygens (including phenoxy) is 1. The van der Waals surface area contributed by atoms with Gasteiger partial charge in [-0.15, -0.1) is 0 Å². The van der Waals surface area contributed by atoms with Gasteiger partial charge in [0.1, 0.15) is 5.84 Å². The highest BCUT2D eigenvalue weighted by Gasteiger charge is 2.20. The number of nitrogen functional groups attached to an aromatic ring is 1. The molecule has 1 aromatic rings. The highest BCUT2D eigenvalue weighted by Crippen LogP contribution is 2.28. The Bertz CT molecular complexity index is 450. The molecule has 1 aliphatic rings. The van der Waals surface area contributed by atoms with Crippen molar-refractivity contribution in [1.29, 1.82) is 5.41 Å². The normalized spacial score (nSPS) is 20.6. The molecular formula is C13H18BrN3O. The van der Waals surface area contributed by atoms with E-state index >= 15 is 0 Å². The highest BCUT2D eigenvalue weighted by atomic mass is 79.9. The van der Waals surface area contributed by atoms with Crippen LogP contribution in [0.25, 0.3) is 0 Å². The number of amidine groups is 1. The Kier molecular flexibility index (Phi) is 4.24. The molecule has 5 heteroatoms. The molecule has 0 saturated carbocycles. The largest absolute Gasteiger partial charge is 0.384 e. The first-order valence-corrected chi connectivity index (χ1v) is 6.88. The van der Waals surface area contributed by atoms with Crippen LogP contribution in [0.1, 0.15) is 18.9 Å². The summed E-state index contributed by atoms with van der Waals surface area (Å²) in [6.07, 6.45) is 1.19. The van der Waals surface area contributed by atoms with E-state index in [0.29, 0.717) is 0 Å². The fourth-order valence-electron chi connectivity index (χ4n) is 2.26. The number of rotatable bonds is 2. The second-order valence-corrected chi connectivity index (χ2v) is 5.38. The summed E-state index contributed by atoms with van der Waals surface area (Å²) in [6.45, 7) is 4.63. The van der Waals surface area contributed by atoms with Crippen molar-refractivity contribution in [3.8, 4) is 0 Å². The Hall–Kier alpha value is -1.07. The Morgan fingerprint density at radius 2 is 2.33 bits per heavy atom. The van der Waals surface area contributed by atoms with Gasteiger partial charge >= 0.3 is 0 Å². The maximum absolute atomic E-state index is 7.73. The smallest absolute Gasteiger partial charge is 0.126 e. The van der Waals surface area contributed by atoms with Gasteiger partial charge in [0.2, 0.25) is 0 Å². The van der Waals surface area contributed by atoms with Crippen molar-refractivity contribution < 1.29 is 4.74 Å². The lowest BCUT2D eigenvalue weighted by atomic mass is 10.1. The quantitative estimate of drug-likeness (QED) is 0.651. The number of nitrogens with one attached hydrogen (secondary N) is 1. The second-order valence-electron chi connectivity index (χ2n) is 4.53. The molecule has 1 heterocycles. The molecule has 0 bridgehead atoms. The maximum atomic E-state index is 7.73. The van der Waals surface area contributed by atoms with Crippen LogP contribution in [0.3, 0.4) is 0 Å². The van der Waals surface area contributed by atoms with Gasteiger partial charge in [0.05, 0.1) is 11.7 Å². The van der Waals surface area contributed by atoms with Crippen LogP contribution in [0.4, 0.5) is 5.69 Å². The molecule has 1 atom stereocenters. The lowest BCUT2D eigenvalue weighted by molar-refractivity contribution is 0.0821. The lowest BCUT2D eigenvalue weighted by Crippen LogP contribution is -2.32. The van der Waals surface area contributed by atoms with E-state index < -0.39 is 0 Å². The van der Waals surface area contributed by atoms with Crippen LogP contribution < -0.4 is 10.6 Å². The van der Waals surface area contributed by atoms with Crippen molar-refractivity contribution in [3.63, 3.8) is 0 Å². The van der Waals surface area contributed by atoms with Crippen molar-refractivity contribution in [2.24, 2.45) is 5.73 Å². The average Bonchev–Trinajstić information content (AvgIpc) is 2.53. The Morgan fingerprint density at radius 1 is 1.56 bits per heavy atom. The first-order chi connectivity index (χ1) is 8.59. The van der Waals surface area contributed by atoms with Crippen LogP contribution in [-0.4, -0.2) is 31.6 Å². The first-order valence-electron chi connectivity index (χ1n) is 6.09. The van der Waals surface area contributed by atoms with Gasteiger partial charge in [0.15, 0.2) is 0 Å². The number of halogens is 1. The number of hydrogen-bond acceptors (Lipinski definition) is 3. The molecular weight excluding hydrogens is 294 g/mol. The molecule has 0 aliphatic carbocycles. The third-order valence-corrected chi connectivity index (χ3v) is 3.71. The number of nitrogens with zero attached hydrogens (tertiary/aromatic N) is 1. The first kappa shape index (κ1) is 13.4. The number of hydrogen-bond donors (Lipinski definition) is 2. The van der Waals surface area contributed by atoms with E-state index in [1.807, 2.05) is 18.2 Å². The summed E-state index contributed by atoms with van der Waals surface area (Å²) in [4.78, 5) is 2.25. The average molecular weight is 312 g/mol. The van der Waals surface area contributed by atoms with Crippen molar-refractivity contribution in [2.75, 3.05) is 24.6 Å². The van der Waals surface area contributed by atoms with Crippen molar-refractivity contribution >= 4 is 27.5 Å². The zero-order valence-electron chi connectivity index (χ0n) is 10.4. The molecule has 3 N–H and O–H groups in total. The topological polar surface area (TPSA) is 62.3 Å². The third-order valence-electron chi connectivity index (χ3n) is 3.05. The van der Waals surface area contributed by atoms with Gasteiger partial charge in [-0.05, 0) is 41.4 Å². The minimum Gasteiger partial charge on any atom is -0.384 e. The van der Waals surface area contributed by atoms with Crippen LogP contribution in [0.2, 0.25) is 0 Å². The van der Waals surface area contributed by atoms with Gasteiger partial charge in [-0.25, -0.2) is 0 Å². The van der Waals surface area contributed by atoms with Crippen LogP contribution >= 0.6 is 15.9 Å². The monoisotopic (exact) mass is 311 g/mol. The molecule has 0 aromatic heterocycles. The summed E-state index contributed by atoms with van der Waals surface area (Å²) in [5, 5.41) is 7.73. The number of anilines is 1. The SMILES string of the molecule is CC1CN(c2cccc(Br)c2C(=N)N)CCCO1. The van der Waals surface area contributed by atoms with E-state index in [1.165, 1.54) is 0 Å². The third kappa shape index (κ3) is 2.84. The molecule has 1 fully saturated rings. The highest BCUT2D eigenvalue weighted by molar-refractivity contribution is 9.10. The molecule has 98 valence electrons. The molecule has 0 amide bonds. The van der Waals surface area contributed by atoms with E-state index in [9.17, 15) is 0 Å². The summed E-state index contributed by atoms with van der Waals surface area (Å²) < 4.78 is 6.51. The Morgan fingerprint density at radius 3 is 3.06 bits per heavy atom. The van der Waals surface area contributed by atoms with Crippen LogP contribution in [0.5, 0.6) is 0 Å². The zero-order chi connectivity index (χ0) is 13.1. The summed E-state index contributed by atoms with van der Waals surface area (Å²) in [7, 11) is 0. The van der Waals surface area contributed by atoms with Gasteiger partial charge in [-0.1, -0.05) is 6.07 Å². The summed E-state index contributed by atoms with van der Waals surface area (Å²) in [6, 6.07) is 5.90. The van der Waals surface area contributed by atoms with Gasteiger partial charge in [-0.3, -0.25) is 5.41 Å². The Labute approximate surface area is 116 Å². The fraction of sp³-hybridized carbons (Fsp3) is 0.462. The lowest BCUT2D eigenvalue weighted by Gasteiger charge is -2.27. The van der Waals surface area contributed by atoms with Gasteiger partial charge in [0, 0.05) is 29.9 Å². The van der Waals surface area contributed by atoms with Crippen LogP contribution in [-0.2, 0) is 4.74 Å². The fourth-order valence-corrected chi connectivity index (χ4v) is 2.83. The predicted octanol–water partition coefficient (Wildman–Crippen LogP) is 2.35. The Balaban J connectivity index is 2.37. The van der Waals surface area contributed by atoms with Crippen molar-refractivity contribution in [3.05, 3.63) is 28.2 Å². The zero-order valence-corrected chi connectivity index (χ0v) is 12.0. The summed E-state index contributed by atoms with van der Waals surface area (Å²) in [5.74, 6) is 0.0929. The molecule has 1 unspecified atom stereocenters. The summed E-state index contributed by atoms with van der Waals surface area (Å²) in [5.41, 5.74) is 7.47. The molecule has 1 saturated heterocycles. The molecule has 18 heavy (non-hydrogen) atoms. The van der Waals surface area contributed by atoms with Crippen molar-refractivity contribution in [2.45, 2.75) is 19.4 Å². The van der Waals surface area contributed by atoms with E-state index in [2.05, 4.69) is 27.8 Å². The molecule has 1 aliphatic heterocycles. The van der Waals surface area contributed by atoms with Gasteiger partial charge in [-0.2, -0.15) is 0 Å². The molecule has 1 aromatic carbocycles. The van der Waals surface area contributed by atoms with E-state index in [-0.39, 0.29) is 11.9 Å².